The molecule has 0 spiro atoms. The monoisotopic (exact) mass is 286 g/mol. The second-order valence-electron chi connectivity index (χ2n) is 6.47. The van der Waals surface area contributed by atoms with Gasteiger partial charge in [0.25, 0.3) is 0 Å². The van der Waals surface area contributed by atoms with Gasteiger partial charge < -0.3 is 9.80 Å². The number of nitrogens with zero attached hydrogens (tertiary/aromatic N) is 2. The summed E-state index contributed by atoms with van der Waals surface area (Å²) in [6.07, 6.45) is 9.72. The van der Waals surface area contributed by atoms with Crippen LogP contribution in [-0.4, -0.2) is 55.3 Å². The van der Waals surface area contributed by atoms with Gasteiger partial charge in [-0.25, -0.2) is 0 Å². The largest absolute Gasteiger partial charge is 0.305 e. The van der Waals surface area contributed by atoms with Crippen LogP contribution in [-0.2, 0) is 0 Å². The number of likely N-dealkylation sites (tertiary alicyclic amines) is 1. The Kier molecular flexibility index (Phi) is 9.17. The summed E-state index contributed by atoms with van der Waals surface area (Å²) in [7, 11) is 4.44. The summed E-state index contributed by atoms with van der Waals surface area (Å²) >= 11 is 4.25. The van der Waals surface area contributed by atoms with Gasteiger partial charge in [-0.05, 0) is 45.2 Å². The number of likely N-dealkylation sites (N-methyl/N-ethyl adjacent to an activating group) is 1. The van der Waals surface area contributed by atoms with Gasteiger partial charge in [0.1, 0.15) is 0 Å². The Labute approximate surface area is 126 Å². The van der Waals surface area contributed by atoms with E-state index in [1.165, 1.54) is 64.6 Å². The van der Waals surface area contributed by atoms with Crippen molar-refractivity contribution in [2.45, 2.75) is 57.9 Å². The summed E-state index contributed by atoms with van der Waals surface area (Å²) in [4.78, 5) is 5.06. The van der Waals surface area contributed by atoms with E-state index in [-0.39, 0.29) is 0 Å². The average molecular weight is 287 g/mol. The normalized spacial score (nSPS) is 24.5. The molecular weight excluding hydrogens is 252 g/mol. The van der Waals surface area contributed by atoms with Crippen LogP contribution in [0.5, 0.6) is 0 Å². The van der Waals surface area contributed by atoms with Crippen LogP contribution >= 0.6 is 12.6 Å². The van der Waals surface area contributed by atoms with Gasteiger partial charge in [-0.15, -0.1) is 0 Å². The van der Waals surface area contributed by atoms with Crippen LogP contribution in [0, 0.1) is 5.92 Å². The van der Waals surface area contributed by atoms with E-state index in [0.29, 0.717) is 0 Å². The zero-order valence-electron chi connectivity index (χ0n) is 13.3. The molecule has 0 amide bonds. The number of unbranched alkanes of at least 4 members (excludes halogenated alkanes) is 6. The van der Waals surface area contributed by atoms with Crippen LogP contribution in [0.2, 0.25) is 0 Å². The minimum atomic E-state index is 0.765. The molecule has 0 bridgehead atoms. The van der Waals surface area contributed by atoms with E-state index in [2.05, 4.69) is 43.4 Å². The minimum Gasteiger partial charge on any atom is -0.305 e. The Morgan fingerprint density at radius 3 is 2.05 bits per heavy atom. The first-order valence-corrected chi connectivity index (χ1v) is 8.78. The zero-order valence-corrected chi connectivity index (χ0v) is 14.2. The highest BCUT2D eigenvalue weighted by Gasteiger charge is 2.30. The third-order valence-electron chi connectivity index (χ3n) is 4.44. The summed E-state index contributed by atoms with van der Waals surface area (Å²) in [5, 5.41) is 0. The van der Waals surface area contributed by atoms with Crippen molar-refractivity contribution in [1.82, 2.24) is 9.80 Å². The van der Waals surface area contributed by atoms with Crippen LogP contribution in [0.1, 0.15) is 51.9 Å². The quantitative estimate of drug-likeness (QED) is 0.485. The second-order valence-corrected chi connectivity index (χ2v) is 6.91. The van der Waals surface area contributed by atoms with Crippen molar-refractivity contribution in [3.8, 4) is 0 Å². The van der Waals surface area contributed by atoms with Gasteiger partial charge in [-0.2, -0.15) is 12.6 Å². The molecule has 0 N–H and O–H groups in total. The maximum absolute atomic E-state index is 4.25. The molecule has 0 saturated carbocycles. The first-order valence-electron chi connectivity index (χ1n) is 8.14. The predicted molar refractivity (Wildman–Crippen MR) is 89.3 cm³/mol. The average Bonchev–Trinajstić information content (AvgIpc) is 2.74. The fraction of sp³-hybridized carbons (Fsp3) is 1.00. The number of thiol groups is 1. The molecule has 1 rings (SSSR count). The summed E-state index contributed by atoms with van der Waals surface area (Å²) in [5.74, 6) is 1.89. The Hall–Kier alpha value is 0.270. The molecule has 19 heavy (non-hydrogen) atoms. The number of rotatable bonds is 10. The van der Waals surface area contributed by atoms with Gasteiger partial charge in [0.2, 0.25) is 0 Å². The summed E-state index contributed by atoms with van der Waals surface area (Å²) < 4.78 is 0. The lowest BCUT2D eigenvalue weighted by atomic mass is 10.1. The lowest BCUT2D eigenvalue weighted by Gasteiger charge is -2.22. The highest BCUT2D eigenvalue weighted by Crippen LogP contribution is 2.20. The highest BCUT2D eigenvalue weighted by molar-refractivity contribution is 7.80. The molecule has 2 atom stereocenters. The van der Waals surface area contributed by atoms with E-state index < -0.39 is 0 Å². The molecule has 2 unspecified atom stereocenters. The summed E-state index contributed by atoms with van der Waals surface area (Å²) in [5.41, 5.74) is 0. The first kappa shape index (κ1) is 17.3. The Morgan fingerprint density at radius 1 is 0.947 bits per heavy atom. The third-order valence-corrected chi connectivity index (χ3v) is 4.76. The molecule has 0 aromatic carbocycles. The lowest BCUT2D eigenvalue weighted by Crippen LogP contribution is -2.34. The number of hydrogen-bond donors (Lipinski definition) is 1. The molecule has 0 aromatic rings. The van der Waals surface area contributed by atoms with Gasteiger partial charge in [0, 0.05) is 19.1 Å². The van der Waals surface area contributed by atoms with E-state index in [4.69, 9.17) is 0 Å². The molecule has 3 heteroatoms. The molecular formula is C16H34N2S. The standard InChI is InChI=1S/C16H34N2S/c1-15-13-18(14-16(15)17(2)3)11-9-7-5-4-6-8-10-12-19/h15-16,19H,4-14H2,1-3H3. The van der Waals surface area contributed by atoms with Crippen molar-refractivity contribution < 1.29 is 0 Å². The minimum absolute atomic E-state index is 0.765. The van der Waals surface area contributed by atoms with E-state index in [1.807, 2.05) is 0 Å². The fourth-order valence-electron chi connectivity index (χ4n) is 3.23. The van der Waals surface area contributed by atoms with Crippen molar-refractivity contribution in [2.24, 2.45) is 5.92 Å². The van der Waals surface area contributed by atoms with Crippen molar-refractivity contribution in [1.29, 1.82) is 0 Å². The molecule has 1 heterocycles. The highest BCUT2D eigenvalue weighted by atomic mass is 32.1. The van der Waals surface area contributed by atoms with Crippen molar-refractivity contribution in [3.63, 3.8) is 0 Å². The molecule has 0 radical (unpaired) electrons. The number of hydrogen-bond acceptors (Lipinski definition) is 3. The molecule has 2 nitrogen and oxygen atoms in total. The van der Waals surface area contributed by atoms with E-state index >= 15 is 0 Å². The third kappa shape index (κ3) is 7.01. The molecule has 1 aliphatic rings. The van der Waals surface area contributed by atoms with Crippen LogP contribution < -0.4 is 0 Å². The van der Waals surface area contributed by atoms with Crippen molar-refractivity contribution >= 4 is 12.6 Å². The lowest BCUT2D eigenvalue weighted by molar-refractivity contribution is 0.251. The SMILES string of the molecule is CC1CN(CCCCCCCCCS)CC1N(C)C. The van der Waals surface area contributed by atoms with Gasteiger partial charge in [0.05, 0.1) is 0 Å². The van der Waals surface area contributed by atoms with Gasteiger partial charge in [-0.3, -0.25) is 0 Å². The van der Waals surface area contributed by atoms with Crippen LogP contribution in [0.25, 0.3) is 0 Å². The smallest absolute Gasteiger partial charge is 0.0254 e. The zero-order chi connectivity index (χ0) is 14.1. The van der Waals surface area contributed by atoms with E-state index in [0.717, 1.165) is 17.7 Å². The van der Waals surface area contributed by atoms with Crippen LogP contribution in [0.15, 0.2) is 0 Å². The maximum Gasteiger partial charge on any atom is 0.0254 e. The van der Waals surface area contributed by atoms with Gasteiger partial charge in [0.15, 0.2) is 0 Å². The Bertz CT molecular complexity index is 221. The molecule has 0 aromatic heterocycles. The predicted octanol–water partition coefficient (Wildman–Crippen LogP) is 3.53. The first-order chi connectivity index (χ1) is 9.15. The topological polar surface area (TPSA) is 6.48 Å². The fourth-order valence-corrected chi connectivity index (χ4v) is 3.46. The second kappa shape index (κ2) is 10.1. The Balaban J connectivity index is 1.96. The van der Waals surface area contributed by atoms with E-state index in [9.17, 15) is 0 Å². The molecule has 1 fully saturated rings. The van der Waals surface area contributed by atoms with Gasteiger partial charge in [-0.1, -0.05) is 39.0 Å². The molecule has 0 aliphatic carbocycles. The molecule has 114 valence electrons. The molecule has 1 saturated heterocycles. The maximum atomic E-state index is 4.25. The summed E-state index contributed by atoms with van der Waals surface area (Å²) in [6.45, 7) is 6.28. The summed E-state index contributed by atoms with van der Waals surface area (Å²) in [6, 6.07) is 0.765. The van der Waals surface area contributed by atoms with Gasteiger partial charge >= 0.3 is 0 Å². The van der Waals surface area contributed by atoms with E-state index in [1.54, 1.807) is 0 Å². The van der Waals surface area contributed by atoms with Crippen LogP contribution in [0.4, 0.5) is 0 Å². The Morgan fingerprint density at radius 2 is 1.53 bits per heavy atom. The van der Waals surface area contributed by atoms with Crippen molar-refractivity contribution in [3.05, 3.63) is 0 Å². The van der Waals surface area contributed by atoms with Crippen molar-refractivity contribution in [2.75, 3.05) is 39.5 Å². The molecule has 1 aliphatic heterocycles. The van der Waals surface area contributed by atoms with Crippen LogP contribution in [0.3, 0.4) is 0 Å².